The maximum atomic E-state index is 13.3. The molecule has 0 spiro atoms. The minimum atomic E-state index is -3.88. The number of aromatic amines is 1. The summed E-state index contributed by atoms with van der Waals surface area (Å²) in [4.78, 5) is 18.2. The molecule has 1 saturated heterocycles. The van der Waals surface area contributed by atoms with Gasteiger partial charge in [-0.3, -0.25) is 4.79 Å². The molecule has 1 aliphatic heterocycles. The number of nitrogen functional groups attached to an aromatic ring is 1. The van der Waals surface area contributed by atoms with E-state index in [0.717, 1.165) is 23.7 Å². The smallest absolute Gasteiger partial charge is 0.241 e. The number of likely N-dealkylation sites (tertiary alicyclic amines) is 1. The largest absolute Gasteiger partial charge is 0.385 e. The molecule has 1 amide bonds. The van der Waals surface area contributed by atoms with Gasteiger partial charge in [0.25, 0.3) is 0 Å². The first-order chi connectivity index (χ1) is 14.8. The van der Waals surface area contributed by atoms with E-state index >= 15 is 0 Å². The summed E-state index contributed by atoms with van der Waals surface area (Å²) < 4.78 is 30.8. The number of carbonyl (C=O) groups excluding carboxylic acids is 1. The number of rotatable bonds is 7. The van der Waals surface area contributed by atoms with Crippen LogP contribution in [0, 0.1) is 5.92 Å². The Hall–Kier alpha value is -2.78. The molecule has 9 heteroatoms. The fraction of sp³-hybridized carbons (Fsp3) is 0.409. The maximum Gasteiger partial charge on any atom is 0.241 e. The third-order valence-electron chi connectivity index (χ3n) is 6.05. The lowest BCUT2D eigenvalue weighted by atomic mass is 9.98. The number of hydrogen-bond acceptors (Lipinski definition) is 4. The number of carbonyl (C=O) groups is 1. The van der Waals surface area contributed by atoms with E-state index in [-0.39, 0.29) is 10.8 Å². The fourth-order valence-electron chi connectivity index (χ4n) is 4.03. The van der Waals surface area contributed by atoms with Gasteiger partial charge in [-0.05, 0) is 60.9 Å². The summed E-state index contributed by atoms with van der Waals surface area (Å²) in [5.74, 6) is 0.978. The molecule has 0 saturated carbocycles. The zero-order chi connectivity index (χ0) is 22.0. The lowest BCUT2D eigenvalue weighted by molar-refractivity contribution is -0.134. The van der Waals surface area contributed by atoms with Crippen LogP contribution >= 0.6 is 0 Å². The number of nitrogens with one attached hydrogen (secondary N) is 2. The standard InChI is InChI=1S/C22H29N5O3S/c1-16-7-12-27(13-8-16)22(28)19(9-14-26-11-2-3-21(26)23)25-31(29,30)18-5-4-17-6-10-24-20(17)15-18/h2-6,10-11,15-16,19,24-25H,7-9,12-14,23H2,1H3. The van der Waals surface area contributed by atoms with E-state index in [0.29, 0.717) is 37.8 Å². The molecule has 1 aliphatic rings. The van der Waals surface area contributed by atoms with Crippen molar-refractivity contribution in [2.24, 2.45) is 5.92 Å². The Morgan fingerprint density at radius 2 is 2.03 bits per heavy atom. The maximum absolute atomic E-state index is 13.3. The van der Waals surface area contributed by atoms with Crippen LogP contribution in [0.25, 0.3) is 10.9 Å². The van der Waals surface area contributed by atoms with Gasteiger partial charge < -0.3 is 20.2 Å². The van der Waals surface area contributed by atoms with E-state index in [2.05, 4.69) is 16.6 Å². The Balaban J connectivity index is 1.56. The Kier molecular flexibility index (Phi) is 6.06. The molecule has 0 radical (unpaired) electrons. The van der Waals surface area contributed by atoms with Crippen molar-refractivity contribution in [1.29, 1.82) is 0 Å². The number of anilines is 1. The number of benzene rings is 1. The van der Waals surface area contributed by atoms with Gasteiger partial charge in [0.15, 0.2) is 0 Å². The molecule has 0 aliphatic carbocycles. The number of nitrogens with two attached hydrogens (primary N) is 1. The number of fused-ring (bicyclic) bond motifs is 1. The molecule has 1 fully saturated rings. The molecule has 4 N–H and O–H groups in total. The molecule has 8 nitrogen and oxygen atoms in total. The Bertz CT molecular complexity index is 1160. The minimum absolute atomic E-state index is 0.132. The van der Waals surface area contributed by atoms with E-state index in [4.69, 9.17) is 5.73 Å². The van der Waals surface area contributed by atoms with Crippen LogP contribution in [0.15, 0.2) is 53.7 Å². The molecule has 3 aromatic rings. The summed E-state index contributed by atoms with van der Waals surface area (Å²) in [6, 6.07) is 9.53. The molecule has 3 heterocycles. The van der Waals surface area contributed by atoms with Crippen molar-refractivity contribution < 1.29 is 13.2 Å². The number of piperidine rings is 1. The third-order valence-corrected chi connectivity index (χ3v) is 7.52. The summed E-state index contributed by atoms with van der Waals surface area (Å²) >= 11 is 0. The zero-order valence-electron chi connectivity index (χ0n) is 17.6. The molecular weight excluding hydrogens is 414 g/mol. The van der Waals surface area contributed by atoms with Gasteiger partial charge in [-0.1, -0.05) is 13.0 Å². The average Bonchev–Trinajstić information content (AvgIpc) is 3.39. The fourth-order valence-corrected chi connectivity index (χ4v) is 5.28. The Morgan fingerprint density at radius 1 is 1.26 bits per heavy atom. The minimum Gasteiger partial charge on any atom is -0.385 e. The van der Waals surface area contributed by atoms with Gasteiger partial charge in [0.05, 0.1) is 4.90 Å². The van der Waals surface area contributed by atoms with Crippen molar-refractivity contribution in [2.45, 2.75) is 43.7 Å². The second-order valence-corrected chi connectivity index (χ2v) is 10.0. The van der Waals surface area contributed by atoms with Gasteiger partial charge >= 0.3 is 0 Å². The summed E-state index contributed by atoms with van der Waals surface area (Å²) in [6.07, 6.45) is 5.76. The second kappa shape index (κ2) is 8.76. The number of amides is 1. The number of sulfonamides is 1. The lowest BCUT2D eigenvalue weighted by Gasteiger charge is -2.33. The van der Waals surface area contributed by atoms with Crippen LogP contribution in [0.1, 0.15) is 26.2 Å². The topological polar surface area (TPSA) is 113 Å². The van der Waals surface area contributed by atoms with Crippen LogP contribution in [0.2, 0.25) is 0 Å². The summed E-state index contributed by atoms with van der Waals surface area (Å²) in [5.41, 5.74) is 6.68. The van der Waals surface area contributed by atoms with E-state index in [1.54, 1.807) is 35.4 Å². The van der Waals surface area contributed by atoms with E-state index in [9.17, 15) is 13.2 Å². The first-order valence-electron chi connectivity index (χ1n) is 10.6. The summed E-state index contributed by atoms with van der Waals surface area (Å²) in [5, 5.41) is 0.928. The van der Waals surface area contributed by atoms with Crippen LogP contribution in [-0.4, -0.2) is 47.9 Å². The van der Waals surface area contributed by atoms with Crippen LogP contribution in [0.5, 0.6) is 0 Å². The SMILES string of the molecule is CC1CCN(C(=O)C(CCn2cccc2N)NS(=O)(=O)c2ccc3cc[nH]c3c2)CC1. The van der Waals surface area contributed by atoms with Gasteiger partial charge in [-0.25, -0.2) is 8.42 Å². The second-order valence-electron chi connectivity index (χ2n) is 8.32. The van der Waals surface area contributed by atoms with Crippen molar-refractivity contribution in [3.63, 3.8) is 0 Å². The highest BCUT2D eigenvalue weighted by atomic mass is 32.2. The lowest BCUT2D eigenvalue weighted by Crippen LogP contribution is -2.50. The molecule has 1 atom stereocenters. The van der Waals surface area contributed by atoms with E-state index < -0.39 is 16.1 Å². The van der Waals surface area contributed by atoms with E-state index in [1.165, 1.54) is 0 Å². The molecule has 4 rings (SSSR count). The van der Waals surface area contributed by atoms with Crippen molar-refractivity contribution in [2.75, 3.05) is 18.8 Å². The Labute approximate surface area is 182 Å². The molecule has 31 heavy (non-hydrogen) atoms. The highest BCUT2D eigenvalue weighted by molar-refractivity contribution is 7.89. The van der Waals surface area contributed by atoms with Gasteiger partial charge in [-0.2, -0.15) is 4.72 Å². The summed E-state index contributed by atoms with van der Waals surface area (Å²) in [6.45, 7) is 3.92. The van der Waals surface area contributed by atoms with Crippen LogP contribution in [0.4, 0.5) is 5.82 Å². The van der Waals surface area contributed by atoms with Crippen LogP contribution < -0.4 is 10.5 Å². The number of nitrogens with zero attached hydrogens (tertiary/aromatic N) is 2. The molecule has 0 bridgehead atoms. The molecule has 166 valence electrons. The monoisotopic (exact) mass is 443 g/mol. The number of H-pyrrole nitrogens is 1. The number of hydrogen-bond donors (Lipinski definition) is 3. The van der Waals surface area contributed by atoms with Gasteiger partial charge in [0, 0.05) is 37.5 Å². The number of aromatic nitrogens is 2. The van der Waals surface area contributed by atoms with Crippen LogP contribution in [-0.2, 0) is 21.4 Å². The van der Waals surface area contributed by atoms with Crippen molar-refractivity contribution >= 4 is 32.7 Å². The first kappa shape index (κ1) is 21.5. The third kappa shape index (κ3) is 4.77. The molecular formula is C22H29N5O3S. The molecule has 1 unspecified atom stereocenters. The highest BCUT2D eigenvalue weighted by Crippen LogP contribution is 2.21. The predicted molar refractivity (Wildman–Crippen MR) is 121 cm³/mol. The van der Waals surface area contributed by atoms with Gasteiger partial charge in [0.1, 0.15) is 11.9 Å². The highest BCUT2D eigenvalue weighted by Gasteiger charge is 2.31. The Morgan fingerprint density at radius 3 is 2.74 bits per heavy atom. The van der Waals surface area contributed by atoms with Crippen molar-refractivity contribution in [3.05, 3.63) is 48.8 Å². The quantitative estimate of drug-likeness (QED) is 0.521. The van der Waals surface area contributed by atoms with E-state index in [1.807, 2.05) is 22.9 Å². The normalized spacial score (nSPS) is 16.6. The number of aryl methyl sites for hydroxylation is 1. The average molecular weight is 444 g/mol. The molecule has 2 aromatic heterocycles. The van der Waals surface area contributed by atoms with Gasteiger partial charge in [-0.15, -0.1) is 0 Å². The van der Waals surface area contributed by atoms with Crippen molar-refractivity contribution in [1.82, 2.24) is 19.2 Å². The zero-order valence-corrected chi connectivity index (χ0v) is 18.4. The first-order valence-corrected chi connectivity index (χ1v) is 12.1. The summed E-state index contributed by atoms with van der Waals surface area (Å²) in [7, 11) is -3.88. The van der Waals surface area contributed by atoms with Crippen molar-refractivity contribution in [3.8, 4) is 0 Å². The predicted octanol–water partition coefficient (Wildman–Crippen LogP) is 2.55. The van der Waals surface area contributed by atoms with Gasteiger partial charge in [0.2, 0.25) is 15.9 Å². The van der Waals surface area contributed by atoms with Crippen LogP contribution in [0.3, 0.4) is 0 Å². The molecule has 1 aromatic carbocycles.